The molecule has 0 aromatic heterocycles. The molecule has 0 saturated carbocycles. The Hall–Kier alpha value is -1.68. The van der Waals surface area contributed by atoms with Crippen molar-refractivity contribution in [3.63, 3.8) is 0 Å². The maximum Gasteiger partial charge on any atom is 0.228 e. The van der Waals surface area contributed by atoms with Crippen molar-refractivity contribution < 1.29 is 9.18 Å². The number of carbonyl (C=O) groups excluding carboxylic acids is 1. The van der Waals surface area contributed by atoms with Gasteiger partial charge in [-0.05, 0) is 46.6 Å². The van der Waals surface area contributed by atoms with Crippen molar-refractivity contribution in [2.45, 2.75) is 13.3 Å². The van der Waals surface area contributed by atoms with Gasteiger partial charge in [-0.1, -0.05) is 29.8 Å². The zero-order valence-electron chi connectivity index (χ0n) is 10.4. The molecule has 0 heterocycles. The molecule has 0 unspecified atom stereocenters. The first-order chi connectivity index (χ1) is 9.04. The van der Waals surface area contributed by atoms with Gasteiger partial charge in [0.05, 0.1) is 12.1 Å². The number of hydrogen-bond donors (Lipinski definition) is 1. The summed E-state index contributed by atoms with van der Waals surface area (Å²) in [6, 6.07) is 11.9. The predicted octanol–water partition coefficient (Wildman–Crippen LogP) is 4.08. The molecule has 19 heavy (non-hydrogen) atoms. The van der Waals surface area contributed by atoms with Gasteiger partial charge in [0.25, 0.3) is 0 Å². The third-order valence-corrected chi connectivity index (χ3v) is 3.38. The van der Waals surface area contributed by atoms with Crippen molar-refractivity contribution in [1.29, 1.82) is 0 Å². The van der Waals surface area contributed by atoms with Crippen LogP contribution in [0.5, 0.6) is 0 Å². The summed E-state index contributed by atoms with van der Waals surface area (Å²) in [4.78, 5) is 11.9. The Morgan fingerprint density at radius 3 is 2.58 bits per heavy atom. The maximum absolute atomic E-state index is 13.1. The molecular weight excluding hydrogens is 309 g/mol. The molecule has 0 fully saturated rings. The van der Waals surface area contributed by atoms with Crippen LogP contribution in [0.1, 0.15) is 11.1 Å². The minimum Gasteiger partial charge on any atom is -0.325 e. The molecule has 0 atom stereocenters. The molecule has 0 bridgehead atoms. The Kier molecular flexibility index (Phi) is 4.32. The van der Waals surface area contributed by atoms with E-state index in [1.165, 1.54) is 12.1 Å². The molecule has 1 amide bonds. The van der Waals surface area contributed by atoms with E-state index in [0.717, 1.165) is 11.1 Å². The molecule has 1 N–H and O–H groups in total. The normalized spacial score (nSPS) is 10.3. The fraction of sp³-hybridized carbons (Fsp3) is 0.133. The summed E-state index contributed by atoms with van der Waals surface area (Å²) < 4.78 is 13.8. The molecule has 0 radical (unpaired) electrons. The van der Waals surface area contributed by atoms with E-state index < -0.39 is 0 Å². The van der Waals surface area contributed by atoms with Crippen molar-refractivity contribution in [3.05, 3.63) is 63.9 Å². The largest absolute Gasteiger partial charge is 0.325 e. The Balaban J connectivity index is 2.05. The van der Waals surface area contributed by atoms with Crippen LogP contribution in [-0.4, -0.2) is 5.91 Å². The molecule has 2 aromatic carbocycles. The summed E-state index contributed by atoms with van der Waals surface area (Å²) in [6.45, 7) is 1.99. The summed E-state index contributed by atoms with van der Waals surface area (Å²) in [5, 5.41) is 2.69. The highest BCUT2D eigenvalue weighted by molar-refractivity contribution is 9.10. The minimum absolute atomic E-state index is 0.171. The van der Waals surface area contributed by atoms with Crippen molar-refractivity contribution >= 4 is 27.5 Å². The van der Waals surface area contributed by atoms with Crippen LogP contribution >= 0.6 is 15.9 Å². The van der Waals surface area contributed by atoms with Gasteiger partial charge in [0.15, 0.2) is 0 Å². The topological polar surface area (TPSA) is 29.1 Å². The molecule has 0 aliphatic carbocycles. The molecule has 2 rings (SSSR count). The van der Waals surface area contributed by atoms with Crippen LogP contribution in [0.15, 0.2) is 46.9 Å². The van der Waals surface area contributed by atoms with E-state index in [4.69, 9.17) is 0 Å². The van der Waals surface area contributed by atoms with Crippen LogP contribution in [0.2, 0.25) is 0 Å². The van der Waals surface area contributed by atoms with E-state index in [9.17, 15) is 9.18 Å². The quantitative estimate of drug-likeness (QED) is 0.906. The van der Waals surface area contributed by atoms with Gasteiger partial charge in [-0.15, -0.1) is 0 Å². The van der Waals surface area contributed by atoms with Gasteiger partial charge in [0.2, 0.25) is 5.91 Å². The summed E-state index contributed by atoms with van der Waals surface area (Å²) in [5.41, 5.74) is 2.52. The molecule has 2 aromatic rings. The highest BCUT2D eigenvalue weighted by atomic mass is 79.9. The van der Waals surface area contributed by atoms with Crippen molar-refractivity contribution in [2.75, 3.05) is 5.32 Å². The first kappa shape index (κ1) is 13.7. The Labute approximate surface area is 119 Å². The van der Waals surface area contributed by atoms with Gasteiger partial charge in [0, 0.05) is 4.47 Å². The third-order valence-electron chi connectivity index (χ3n) is 2.69. The maximum atomic E-state index is 13.1. The fourth-order valence-electron chi connectivity index (χ4n) is 1.68. The molecule has 0 aliphatic heterocycles. The SMILES string of the molecule is Cc1ccc(CC(=O)Nc2cc(F)ccc2Br)cc1. The molecule has 0 saturated heterocycles. The minimum atomic E-state index is -0.381. The van der Waals surface area contributed by atoms with E-state index in [2.05, 4.69) is 21.2 Å². The lowest BCUT2D eigenvalue weighted by molar-refractivity contribution is -0.115. The van der Waals surface area contributed by atoms with Gasteiger partial charge in [-0.2, -0.15) is 0 Å². The first-order valence-electron chi connectivity index (χ1n) is 5.85. The zero-order valence-corrected chi connectivity index (χ0v) is 12.0. The van der Waals surface area contributed by atoms with Crippen LogP contribution in [0.25, 0.3) is 0 Å². The third kappa shape index (κ3) is 3.89. The van der Waals surface area contributed by atoms with Crippen LogP contribution in [-0.2, 0) is 11.2 Å². The zero-order chi connectivity index (χ0) is 13.8. The Morgan fingerprint density at radius 1 is 1.21 bits per heavy atom. The Bertz CT molecular complexity index is 596. The second-order valence-corrected chi connectivity index (χ2v) is 5.19. The van der Waals surface area contributed by atoms with E-state index in [1.54, 1.807) is 6.07 Å². The van der Waals surface area contributed by atoms with E-state index in [-0.39, 0.29) is 18.1 Å². The molecule has 4 heteroatoms. The highest BCUT2D eigenvalue weighted by Crippen LogP contribution is 2.23. The van der Waals surface area contributed by atoms with Crippen LogP contribution in [0, 0.1) is 12.7 Å². The lowest BCUT2D eigenvalue weighted by Crippen LogP contribution is -2.14. The number of benzene rings is 2. The number of carbonyl (C=O) groups is 1. The Morgan fingerprint density at radius 2 is 1.89 bits per heavy atom. The second kappa shape index (κ2) is 5.97. The number of halogens is 2. The van der Waals surface area contributed by atoms with Crippen molar-refractivity contribution in [2.24, 2.45) is 0 Å². The van der Waals surface area contributed by atoms with Gasteiger partial charge < -0.3 is 5.32 Å². The molecule has 98 valence electrons. The highest BCUT2D eigenvalue weighted by Gasteiger charge is 2.07. The van der Waals surface area contributed by atoms with Gasteiger partial charge in [-0.3, -0.25) is 4.79 Å². The lowest BCUT2D eigenvalue weighted by atomic mass is 10.1. The summed E-state index contributed by atoms with van der Waals surface area (Å²) in [7, 11) is 0. The van der Waals surface area contributed by atoms with E-state index in [1.807, 2.05) is 31.2 Å². The second-order valence-electron chi connectivity index (χ2n) is 4.33. The van der Waals surface area contributed by atoms with E-state index >= 15 is 0 Å². The van der Waals surface area contributed by atoms with Crippen molar-refractivity contribution in [3.8, 4) is 0 Å². The molecule has 0 aliphatic rings. The standard InChI is InChI=1S/C15H13BrFNO/c1-10-2-4-11(5-3-10)8-15(19)18-14-9-12(17)6-7-13(14)16/h2-7,9H,8H2,1H3,(H,18,19). The number of amides is 1. The smallest absolute Gasteiger partial charge is 0.228 e. The monoisotopic (exact) mass is 321 g/mol. The van der Waals surface area contributed by atoms with Crippen LogP contribution in [0.3, 0.4) is 0 Å². The number of hydrogen-bond acceptors (Lipinski definition) is 1. The number of aryl methyl sites for hydroxylation is 1. The van der Waals surface area contributed by atoms with Gasteiger partial charge in [-0.25, -0.2) is 4.39 Å². The van der Waals surface area contributed by atoms with Gasteiger partial charge >= 0.3 is 0 Å². The van der Waals surface area contributed by atoms with Crippen molar-refractivity contribution in [1.82, 2.24) is 0 Å². The van der Waals surface area contributed by atoms with Crippen LogP contribution in [0.4, 0.5) is 10.1 Å². The van der Waals surface area contributed by atoms with Crippen LogP contribution < -0.4 is 5.32 Å². The summed E-state index contributed by atoms with van der Waals surface area (Å²) in [6.07, 6.45) is 0.267. The molecular formula is C15H13BrFNO. The first-order valence-corrected chi connectivity index (χ1v) is 6.64. The lowest BCUT2D eigenvalue weighted by Gasteiger charge is -2.07. The fourth-order valence-corrected chi connectivity index (χ4v) is 2.02. The van der Waals surface area contributed by atoms with Gasteiger partial charge in [0.1, 0.15) is 5.82 Å². The number of rotatable bonds is 3. The number of anilines is 1. The predicted molar refractivity (Wildman–Crippen MR) is 77.6 cm³/mol. The van der Waals surface area contributed by atoms with E-state index in [0.29, 0.717) is 10.2 Å². The molecule has 0 spiro atoms. The average molecular weight is 322 g/mol. The average Bonchev–Trinajstić information content (AvgIpc) is 2.37. The summed E-state index contributed by atoms with van der Waals surface area (Å²) >= 11 is 3.27. The molecule has 2 nitrogen and oxygen atoms in total. The summed E-state index contributed by atoms with van der Waals surface area (Å²) in [5.74, 6) is -0.552. The number of nitrogens with one attached hydrogen (secondary N) is 1.